The van der Waals surface area contributed by atoms with E-state index in [0.717, 1.165) is 0 Å². The van der Waals surface area contributed by atoms with Crippen LogP contribution in [0.5, 0.6) is 0 Å². The number of carbonyl (C=O) groups excluding carboxylic acids is 1. The van der Waals surface area contributed by atoms with Gasteiger partial charge in [0.2, 0.25) is 6.41 Å². The Balaban J connectivity index is 0.00000287. The maximum Gasteiger partial charge on any atom is 0.372 e. The van der Waals surface area contributed by atoms with Gasteiger partial charge in [0, 0.05) is 30.2 Å². The fourth-order valence-electron chi connectivity index (χ4n) is 3.55. The third-order valence-corrected chi connectivity index (χ3v) is 5.73. The van der Waals surface area contributed by atoms with E-state index in [1.54, 1.807) is 39.1 Å². The Morgan fingerprint density at radius 1 is 1.20 bits per heavy atom. The van der Waals surface area contributed by atoms with Crippen LogP contribution in [0.1, 0.15) is 71.7 Å². The summed E-state index contributed by atoms with van der Waals surface area (Å²) in [4.78, 5) is 25.4. The van der Waals surface area contributed by atoms with Crippen molar-refractivity contribution in [3.05, 3.63) is 99.5 Å². The number of dihydropyridines is 1. The van der Waals surface area contributed by atoms with Gasteiger partial charge in [-0.1, -0.05) is 25.4 Å². The van der Waals surface area contributed by atoms with E-state index >= 15 is 0 Å². The van der Waals surface area contributed by atoms with E-state index in [-0.39, 0.29) is 22.3 Å². The normalized spacial score (nSPS) is 16.3. The Morgan fingerprint density at radius 3 is 2.41 bits per heavy atom. The predicted octanol–water partition coefficient (Wildman–Crippen LogP) is 4.48. The zero-order valence-electron chi connectivity index (χ0n) is 23.8. The molecule has 1 unspecified atom stereocenters. The highest BCUT2D eigenvalue weighted by Crippen LogP contribution is 2.31. The Bertz CT molecular complexity index is 1380. The number of aromatic nitrogens is 3. The highest BCUT2D eigenvalue weighted by Gasteiger charge is 2.35. The van der Waals surface area contributed by atoms with E-state index in [1.807, 2.05) is 13.8 Å². The lowest BCUT2D eigenvalue weighted by Crippen LogP contribution is -2.31. The Labute approximate surface area is 242 Å². The maximum atomic E-state index is 14.1. The van der Waals surface area contributed by atoms with Gasteiger partial charge in [0.05, 0.1) is 28.7 Å². The third kappa shape index (κ3) is 8.40. The summed E-state index contributed by atoms with van der Waals surface area (Å²) in [6.45, 7) is 11.8. The second kappa shape index (κ2) is 13.8. The van der Waals surface area contributed by atoms with Crippen LogP contribution in [0, 0.1) is 11.6 Å². The summed E-state index contributed by atoms with van der Waals surface area (Å²) in [5.74, 6) is -5.80. The fourth-order valence-corrected chi connectivity index (χ4v) is 3.65. The number of hydrogen-bond acceptors (Lipinski definition) is 9. The zero-order chi connectivity index (χ0) is 31.1. The van der Waals surface area contributed by atoms with Crippen LogP contribution in [-0.4, -0.2) is 41.6 Å². The molecule has 222 valence electrons. The van der Waals surface area contributed by atoms with Crippen molar-refractivity contribution in [1.82, 2.24) is 25.2 Å². The van der Waals surface area contributed by atoms with Gasteiger partial charge in [0.25, 0.3) is 0 Å². The summed E-state index contributed by atoms with van der Waals surface area (Å²) in [6, 6.07) is 1.59. The molecule has 2 aromatic heterocycles. The van der Waals surface area contributed by atoms with Gasteiger partial charge >= 0.3 is 5.97 Å². The second-order valence-corrected chi connectivity index (χ2v) is 9.81. The van der Waals surface area contributed by atoms with Crippen molar-refractivity contribution in [2.45, 2.75) is 66.1 Å². The molecule has 13 heteroatoms. The lowest BCUT2D eigenvalue weighted by Gasteiger charge is -2.29. The number of rotatable bonds is 9. The molecule has 0 aromatic carbocycles. The van der Waals surface area contributed by atoms with E-state index in [0.29, 0.717) is 35.6 Å². The van der Waals surface area contributed by atoms with E-state index in [4.69, 9.17) is 16.3 Å². The molecule has 41 heavy (non-hydrogen) atoms. The van der Waals surface area contributed by atoms with Crippen LogP contribution in [0.3, 0.4) is 0 Å². The summed E-state index contributed by atoms with van der Waals surface area (Å²) in [5.41, 5.74) is -0.342. The molecular formula is C28H34ClF2N5O5. The van der Waals surface area contributed by atoms with Crippen LogP contribution >= 0.6 is 11.6 Å². The minimum Gasteiger partial charge on any atom is -0.433 e. The summed E-state index contributed by atoms with van der Waals surface area (Å²) in [5, 5.41) is 34.1. The molecule has 0 fully saturated rings. The first-order chi connectivity index (χ1) is 19.1. The molecule has 0 radical (unpaired) electrons. The molecule has 0 aliphatic carbocycles. The standard InChI is InChI=1S/C26H28ClF2N5O5.C2H6/c1-14-11-31-20(19-6-7-30-24(33-19)25(4,5)36)10-21(14)34(13-35)15(2)8-22(16(3)27)39-26(37,38)23-18(29)9-17(28)12-32-23;1-2/h6-13,20,31,36-38H,1-5H3;1-2H3/b15-8-,22-16-;. The van der Waals surface area contributed by atoms with Gasteiger partial charge in [-0.2, -0.15) is 0 Å². The highest BCUT2D eigenvalue weighted by molar-refractivity contribution is 6.29. The average molecular weight is 594 g/mol. The van der Waals surface area contributed by atoms with Gasteiger partial charge in [-0.15, -0.1) is 0 Å². The molecule has 0 spiro atoms. The number of amides is 1. The predicted molar refractivity (Wildman–Crippen MR) is 148 cm³/mol. The molecule has 0 saturated carbocycles. The topological polar surface area (TPSA) is 141 Å². The molecule has 0 bridgehead atoms. The molecule has 2 aromatic rings. The Morgan fingerprint density at radius 2 is 1.85 bits per heavy atom. The van der Waals surface area contributed by atoms with Gasteiger partial charge in [-0.25, -0.2) is 23.7 Å². The van der Waals surface area contributed by atoms with Gasteiger partial charge in [-0.05, 0) is 52.3 Å². The molecule has 1 aliphatic heterocycles. The first-order valence-electron chi connectivity index (χ1n) is 12.6. The van der Waals surface area contributed by atoms with E-state index in [9.17, 15) is 28.9 Å². The minimum atomic E-state index is -3.31. The number of halogens is 3. The number of pyridine rings is 1. The molecule has 3 rings (SSSR count). The summed E-state index contributed by atoms with van der Waals surface area (Å²) >= 11 is 6.10. The van der Waals surface area contributed by atoms with Crippen molar-refractivity contribution in [2.24, 2.45) is 0 Å². The SMILES string of the molecule is CC.CC1=CNC(c2ccnc(C(C)(C)O)n2)C=C1N(C=O)/C(C)=C\C(OC(O)(O)c1ncc(F)cc1F)=C(/C)Cl. The van der Waals surface area contributed by atoms with E-state index in [1.165, 1.54) is 31.0 Å². The van der Waals surface area contributed by atoms with Crippen LogP contribution in [0.25, 0.3) is 0 Å². The second-order valence-electron chi connectivity index (χ2n) is 9.24. The van der Waals surface area contributed by atoms with Crippen LogP contribution in [0.4, 0.5) is 8.78 Å². The van der Waals surface area contributed by atoms with Crippen LogP contribution < -0.4 is 5.32 Å². The average Bonchev–Trinajstić information content (AvgIpc) is 2.90. The lowest BCUT2D eigenvalue weighted by molar-refractivity contribution is -0.334. The monoisotopic (exact) mass is 593 g/mol. The molecular weight excluding hydrogens is 560 g/mol. The van der Waals surface area contributed by atoms with Crippen LogP contribution in [0.15, 0.2) is 70.6 Å². The number of nitrogens with zero attached hydrogens (tertiary/aromatic N) is 4. The van der Waals surface area contributed by atoms with Crippen molar-refractivity contribution in [3.63, 3.8) is 0 Å². The van der Waals surface area contributed by atoms with Crippen molar-refractivity contribution >= 4 is 18.0 Å². The van der Waals surface area contributed by atoms with Gasteiger partial charge in [0.1, 0.15) is 17.2 Å². The highest BCUT2D eigenvalue weighted by atomic mass is 35.5. The van der Waals surface area contributed by atoms with Crippen molar-refractivity contribution < 1.29 is 33.6 Å². The smallest absolute Gasteiger partial charge is 0.372 e. The minimum absolute atomic E-state index is 0.0697. The van der Waals surface area contributed by atoms with Crippen molar-refractivity contribution in [3.8, 4) is 0 Å². The van der Waals surface area contributed by atoms with Crippen molar-refractivity contribution in [2.75, 3.05) is 0 Å². The number of hydrogen-bond donors (Lipinski definition) is 4. The molecule has 1 aliphatic rings. The van der Waals surface area contributed by atoms with Gasteiger partial charge < -0.3 is 25.4 Å². The molecule has 4 N–H and O–H groups in total. The number of aliphatic hydroxyl groups is 3. The van der Waals surface area contributed by atoms with Crippen LogP contribution in [-0.2, 0) is 21.1 Å². The van der Waals surface area contributed by atoms with Crippen LogP contribution in [0.2, 0.25) is 0 Å². The Hall–Kier alpha value is -3.71. The maximum absolute atomic E-state index is 14.1. The van der Waals surface area contributed by atoms with E-state index in [2.05, 4.69) is 20.3 Å². The van der Waals surface area contributed by atoms with E-state index < -0.39 is 34.9 Å². The summed E-state index contributed by atoms with van der Waals surface area (Å²) in [6.07, 6.45) is 7.30. The number of carbonyl (C=O) groups is 1. The first kappa shape index (κ1) is 33.5. The molecule has 1 atom stereocenters. The zero-order valence-corrected chi connectivity index (χ0v) is 24.5. The first-order valence-corrected chi connectivity index (χ1v) is 13.0. The molecule has 1 amide bonds. The number of ether oxygens (including phenoxy) is 1. The lowest BCUT2D eigenvalue weighted by atomic mass is 10.0. The fraction of sp³-hybridized carbons (Fsp3) is 0.357. The molecule has 3 heterocycles. The molecule has 10 nitrogen and oxygen atoms in total. The number of allylic oxidation sites excluding steroid dienone is 4. The summed E-state index contributed by atoms with van der Waals surface area (Å²) in [7, 11) is 0. The van der Waals surface area contributed by atoms with Gasteiger partial charge in [-0.3, -0.25) is 9.69 Å². The third-order valence-electron chi connectivity index (χ3n) is 5.54. The summed E-state index contributed by atoms with van der Waals surface area (Å²) < 4.78 is 32.5. The van der Waals surface area contributed by atoms with Gasteiger partial charge in [0.15, 0.2) is 17.3 Å². The quantitative estimate of drug-likeness (QED) is 0.143. The molecule has 0 saturated heterocycles. The number of nitrogens with one attached hydrogen (secondary N) is 1. The Kier molecular flexibility index (Phi) is 11.2. The van der Waals surface area contributed by atoms with Crippen molar-refractivity contribution in [1.29, 1.82) is 0 Å². The largest absolute Gasteiger partial charge is 0.433 e.